The number of carbonyl (C=O) groups is 20. The molecule has 0 spiro atoms. The minimum absolute atomic E-state index is 0.0194. The summed E-state index contributed by atoms with van der Waals surface area (Å²) in [5.74, 6) is -21.4. The van der Waals surface area contributed by atoms with Gasteiger partial charge < -0.3 is 135 Å². The number of nitrogens with zero attached hydrogens (tertiary/aromatic N) is 1. The number of rotatable bonds is 67. The molecule has 131 heavy (non-hydrogen) atoms. The van der Waals surface area contributed by atoms with E-state index in [1.165, 1.54) is 45.0 Å². The fourth-order valence-corrected chi connectivity index (χ4v) is 13.2. The van der Waals surface area contributed by atoms with Gasteiger partial charge in [0.05, 0.1) is 25.0 Å². The first-order valence-electron chi connectivity index (χ1n) is 44.1. The highest BCUT2D eigenvalue weighted by Gasteiger charge is 2.39. The Morgan fingerprint density at radius 1 is 0.366 bits per heavy atom. The maximum Gasteiger partial charge on any atom is 0.303 e. The number of hydrogen-bond acceptors (Lipinski definition) is 26. The van der Waals surface area contributed by atoms with Gasteiger partial charge in [-0.25, -0.2) is 0 Å². The number of nitrogens with two attached hydrogens (primary N) is 7. The second kappa shape index (κ2) is 62.5. The summed E-state index contributed by atoms with van der Waals surface area (Å²) in [6, 6.07) is -14.4. The lowest BCUT2D eigenvalue weighted by Crippen LogP contribution is -2.61. The lowest BCUT2D eigenvalue weighted by atomic mass is 9.99. The first-order valence-corrected chi connectivity index (χ1v) is 44.7. The van der Waals surface area contributed by atoms with Crippen molar-refractivity contribution in [2.45, 2.75) is 296 Å². The summed E-state index contributed by atoms with van der Waals surface area (Å²) in [5.41, 5.74) is 39.6. The second-order valence-electron chi connectivity index (χ2n) is 34.0. The number of benzene rings is 1. The summed E-state index contributed by atoms with van der Waals surface area (Å²) < 4.78 is 0. The van der Waals surface area contributed by atoms with E-state index < -0.39 is 260 Å². The third-order valence-corrected chi connectivity index (χ3v) is 20.6. The summed E-state index contributed by atoms with van der Waals surface area (Å²) in [7, 11) is 0. The van der Waals surface area contributed by atoms with Crippen molar-refractivity contribution in [1.29, 1.82) is 0 Å². The first kappa shape index (κ1) is 117. The number of carboxylic acids is 3. The molecule has 0 bridgehead atoms. The maximum absolute atomic E-state index is 14.7. The number of carbonyl (C=O) groups excluding carboxylic acids is 17. The highest BCUT2D eigenvalue weighted by atomic mass is 32.1. The number of primary amides is 1. The molecule has 1 aromatic carbocycles. The summed E-state index contributed by atoms with van der Waals surface area (Å²) in [5, 5.41) is 66.6. The molecule has 46 nitrogen and oxygen atoms in total. The van der Waals surface area contributed by atoms with Gasteiger partial charge in [0.15, 0.2) is 11.7 Å². The average Bonchev–Trinajstić information content (AvgIpc) is 0.851. The van der Waals surface area contributed by atoms with Crippen LogP contribution in [0, 0.1) is 29.6 Å². The van der Waals surface area contributed by atoms with Crippen LogP contribution < -0.4 is 120 Å². The Kier molecular flexibility index (Phi) is 56.0. The molecule has 14 atom stereocenters. The van der Waals surface area contributed by atoms with E-state index in [-0.39, 0.29) is 144 Å². The van der Waals surface area contributed by atoms with Gasteiger partial charge in [0, 0.05) is 42.8 Å². The highest BCUT2D eigenvalue weighted by molar-refractivity contribution is 7.80. The minimum atomic E-state index is -1.62. The Morgan fingerprint density at radius 3 is 1.10 bits per heavy atom. The molecular formula is C84H143N23O23S. The number of amides is 16. The number of Topliss-reactive ketones (excluding diaryl/α,β-unsaturated/α-hetero) is 1. The van der Waals surface area contributed by atoms with Crippen LogP contribution in [0.1, 0.15) is 221 Å². The zero-order valence-electron chi connectivity index (χ0n) is 76.8. The molecule has 0 saturated carbocycles. The van der Waals surface area contributed by atoms with Crippen molar-refractivity contribution in [2.24, 2.45) is 74.7 Å². The predicted octanol–water partition coefficient (Wildman–Crippen LogP) is -4.14. The van der Waals surface area contributed by atoms with Crippen molar-refractivity contribution in [3.05, 3.63) is 29.8 Å². The Balaban J connectivity index is 3.54. The molecule has 0 aliphatic heterocycles. The number of unbranched alkanes of at least 4 members (excludes halogenated alkanes) is 3. The van der Waals surface area contributed by atoms with Crippen LogP contribution >= 0.6 is 12.6 Å². The second-order valence-corrected chi connectivity index (χ2v) is 34.4. The number of aliphatic imine (C=N–C) groups is 1. The molecule has 0 unspecified atom stereocenters. The van der Waals surface area contributed by atoms with Crippen LogP contribution in [0.3, 0.4) is 0 Å². The van der Waals surface area contributed by atoms with E-state index in [4.69, 9.17) is 45.2 Å². The van der Waals surface area contributed by atoms with Crippen LogP contribution in [0.2, 0.25) is 0 Å². The molecule has 0 aromatic heterocycles. The van der Waals surface area contributed by atoms with E-state index in [1.807, 2.05) is 0 Å². The zero-order chi connectivity index (χ0) is 99.5. The topological polar surface area (TPSA) is 777 Å². The van der Waals surface area contributed by atoms with E-state index in [0.717, 1.165) is 0 Å². The molecular weight excluding hydrogens is 1730 g/mol. The molecule has 1 rings (SSSR count). The van der Waals surface area contributed by atoms with Gasteiger partial charge in [0.25, 0.3) is 5.91 Å². The van der Waals surface area contributed by atoms with Gasteiger partial charge in [-0.2, -0.15) is 12.6 Å². The molecule has 32 N–H and O–H groups in total. The number of anilines is 1. The number of thiol groups is 1. The van der Waals surface area contributed by atoms with Crippen LogP contribution in [-0.2, 0) is 91.1 Å². The summed E-state index contributed by atoms with van der Waals surface area (Å²) >= 11 is 4.03. The third kappa shape index (κ3) is 48.1. The van der Waals surface area contributed by atoms with E-state index in [2.05, 4.69) is 97.4 Å². The molecule has 47 heteroatoms. The molecule has 0 aliphatic rings. The lowest BCUT2D eigenvalue weighted by molar-refractivity contribution is -0.139. The number of carboxylic acid groups (broad SMARTS) is 3. The SMILES string of the molecule is CC(C)C[C@H](NC(=O)[C@H](CCCN=C(N)N)NC(=O)[C@H](C)NC(=O)[C@@H](NC(=O)[C@H](CCC(=O)O)NC(=O)c1ccc(NC(=O)CC(=O)[C@H](CCCCN)NC(=O)[C@H](CCC(=O)O)NC(=O)[C@H](CC(C)C)NC(=O)[C@@H](N)CS)cc1)C(C)C)C(=O)N[C@@H](CCCCN)C(=O)N[C@@H](CCCCN)C(=O)N[C@@H](CC(C)C)C(=O)N[C@H](C(=O)NCC(=O)N[C@@H](CCC(=O)O)C(N)=O)C(C)C. The van der Waals surface area contributed by atoms with Crippen LogP contribution in [0.15, 0.2) is 29.3 Å². The van der Waals surface area contributed by atoms with Gasteiger partial charge in [-0.3, -0.25) is 101 Å². The zero-order valence-corrected chi connectivity index (χ0v) is 77.7. The fourth-order valence-electron chi connectivity index (χ4n) is 13.0. The minimum Gasteiger partial charge on any atom is -0.481 e. The van der Waals surface area contributed by atoms with E-state index in [1.54, 1.807) is 55.4 Å². The molecule has 0 fully saturated rings. The van der Waals surface area contributed by atoms with Crippen molar-refractivity contribution in [2.75, 3.05) is 43.8 Å². The van der Waals surface area contributed by atoms with E-state index in [9.17, 15) is 106 Å². The Labute approximate surface area is 768 Å². The quantitative estimate of drug-likeness (QED) is 0.00968. The van der Waals surface area contributed by atoms with Crippen molar-refractivity contribution < 1.29 is 111 Å². The molecule has 0 heterocycles. The molecule has 0 radical (unpaired) electrons. The molecule has 738 valence electrons. The lowest BCUT2D eigenvalue weighted by Gasteiger charge is -2.29. The van der Waals surface area contributed by atoms with Crippen molar-refractivity contribution in [1.82, 2.24) is 74.4 Å². The molecule has 16 amide bonds. The van der Waals surface area contributed by atoms with Crippen molar-refractivity contribution in [3.8, 4) is 0 Å². The highest BCUT2D eigenvalue weighted by Crippen LogP contribution is 2.18. The summed E-state index contributed by atoms with van der Waals surface area (Å²) in [6.07, 6.45) is -1.98. The van der Waals surface area contributed by atoms with Crippen LogP contribution in [0.25, 0.3) is 0 Å². The van der Waals surface area contributed by atoms with E-state index >= 15 is 0 Å². The largest absolute Gasteiger partial charge is 0.481 e. The number of hydrogen-bond donors (Lipinski definition) is 26. The van der Waals surface area contributed by atoms with Crippen LogP contribution in [0.4, 0.5) is 5.69 Å². The standard InChI is InChI=1S/C84H143N23O23S/c1-43(2)37-59(103-73(120)51(88)42-131)79(126)102-57(28-31-66(113)114)77(124)97-52(19-12-15-33-85)62(108)40-63(109)95-50-25-23-49(24-26-50)72(119)99-58(29-32-67(115)116)78(125)107-69(47(9)10)83(130)94-48(11)71(118)98-56(22-18-36-92-84(90)91)76(123)104-60(38-44(3)4)80(127)101-54(20-13-16-34-86)74(121)100-55(21-14-17-35-87)75(122)105-61(39-45(5)6)81(128)106-68(46(7)8)82(129)93-41-64(110)96-53(70(89)117)27-30-65(111)112/h23-26,43-48,51-61,68-69,131H,12-22,27-42,85-88H2,1-11H3,(H2,89,117)(H,93,129)(H,94,130)(H,95,109)(H,96,110)(H,97,124)(H,98,118)(H,99,119)(H,100,121)(H,101,127)(H,102,126)(H,103,120)(H,104,123)(H,105,122)(H,106,128)(H,107,125)(H,111,112)(H,113,114)(H,115,116)(H4,90,91,92)/t48-,51-,52-,53-,54-,55-,56-,57-,58-,59-,60-,61-,68-,69-/m0/s1. The fraction of sp³-hybridized carbons (Fsp3) is 0.679. The Morgan fingerprint density at radius 2 is 0.710 bits per heavy atom. The summed E-state index contributed by atoms with van der Waals surface area (Å²) in [6.45, 7) is 17.9. The Bertz CT molecular complexity index is 4000. The third-order valence-electron chi connectivity index (χ3n) is 20.3. The van der Waals surface area contributed by atoms with Crippen molar-refractivity contribution in [3.63, 3.8) is 0 Å². The summed E-state index contributed by atoms with van der Waals surface area (Å²) in [4.78, 5) is 274. The van der Waals surface area contributed by atoms with Crippen LogP contribution in [0.5, 0.6) is 0 Å². The molecule has 1 aromatic rings. The molecule has 0 saturated heterocycles. The van der Waals surface area contributed by atoms with Gasteiger partial charge in [-0.1, -0.05) is 69.2 Å². The monoisotopic (exact) mass is 1870 g/mol. The van der Waals surface area contributed by atoms with E-state index in [0.29, 0.717) is 19.3 Å². The van der Waals surface area contributed by atoms with Gasteiger partial charge in [0.2, 0.25) is 88.6 Å². The average molecular weight is 1880 g/mol. The maximum atomic E-state index is 14.7. The van der Waals surface area contributed by atoms with Crippen molar-refractivity contribution >= 4 is 142 Å². The number of aliphatic carboxylic acids is 3. The number of guanidine groups is 1. The van der Waals surface area contributed by atoms with Crippen LogP contribution in [-0.4, -0.2) is 263 Å². The van der Waals surface area contributed by atoms with Gasteiger partial charge in [-0.05, 0) is 190 Å². The number of nitrogens with one attached hydrogen (secondary N) is 15. The molecule has 0 aliphatic carbocycles. The van der Waals surface area contributed by atoms with Gasteiger partial charge in [0.1, 0.15) is 72.5 Å². The van der Waals surface area contributed by atoms with Gasteiger partial charge in [-0.15, -0.1) is 0 Å². The van der Waals surface area contributed by atoms with Gasteiger partial charge >= 0.3 is 17.9 Å². The number of ketones is 1. The Hall–Kier alpha value is -11.7. The normalized spacial score (nSPS) is 14.4. The smallest absolute Gasteiger partial charge is 0.303 e. The predicted molar refractivity (Wildman–Crippen MR) is 486 cm³/mol. The first-order chi connectivity index (χ1) is 61.5.